The van der Waals surface area contributed by atoms with Crippen molar-refractivity contribution in [2.24, 2.45) is 4.99 Å². The lowest BCUT2D eigenvalue weighted by Crippen LogP contribution is -2.45. The highest BCUT2D eigenvalue weighted by Crippen LogP contribution is 2.14. The van der Waals surface area contributed by atoms with Crippen molar-refractivity contribution in [2.45, 2.75) is 32.9 Å². The molecule has 7 heteroatoms. The summed E-state index contributed by atoms with van der Waals surface area (Å²) in [7, 11) is 5.10. The maximum absolute atomic E-state index is 11.6. The topological polar surface area (TPSA) is 75.2 Å². The molecule has 0 atom stereocenters. The van der Waals surface area contributed by atoms with Crippen LogP contribution in [-0.4, -0.2) is 63.3 Å². The molecule has 0 aromatic heterocycles. The second kappa shape index (κ2) is 10.7. The summed E-state index contributed by atoms with van der Waals surface area (Å²) >= 11 is 0. The number of carbonyl (C=O) groups is 1. The van der Waals surface area contributed by atoms with Crippen molar-refractivity contribution in [3.63, 3.8) is 0 Å². The van der Waals surface area contributed by atoms with Crippen molar-refractivity contribution in [1.29, 1.82) is 0 Å². The van der Waals surface area contributed by atoms with Crippen LogP contribution in [0.15, 0.2) is 29.3 Å². The summed E-state index contributed by atoms with van der Waals surface area (Å²) in [5, 5.41) is 6.50. The number of rotatable bonds is 9. The first-order chi connectivity index (χ1) is 12.3. The van der Waals surface area contributed by atoms with E-state index >= 15 is 0 Å². The molecule has 0 saturated heterocycles. The van der Waals surface area contributed by atoms with Crippen molar-refractivity contribution in [1.82, 2.24) is 15.5 Å². The summed E-state index contributed by atoms with van der Waals surface area (Å²) in [6.45, 7) is 7.99. The van der Waals surface area contributed by atoms with E-state index in [9.17, 15) is 4.79 Å². The molecule has 0 aliphatic carbocycles. The maximum Gasteiger partial charge on any atom is 0.259 e. The van der Waals surface area contributed by atoms with Crippen molar-refractivity contribution in [2.75, 3.05) is 40.9 Å². The monoisotopic (exact) mass is 364 g/mol. The molecule has 0 aliphatic rings. The Morgan fingerprint density at radius 2 is 2.00 bits per heavy atom. The van der Waals surface area contributed by atoms with Crippen molar-refractivity contribution in [3.05, 3.63) is 29.8 Å². The van der Waals surface area contributed by atoms with E-state index in [1.165, 1.54) is 4.90 Å². The molecule has 1 amide bonds. The Balaban J connectivity index is 2.68. The van der Waals surface area contributed by atoms with Crippen molar-refractivity contribution < 1.29 is 14.3 Å². The van der Waals surface area contributed by atoms with Crippen molar-refractivity contribution >= 4 is 11.9 Å². The molecule has 146 valence electrons. The lowest BCUT2D eigenvalue weighted by atomic mass is 10.1. The molecule has 7 nitrogen and oxygen atoms in total. The van der Waals surface area contributed by atoms with Gasteiger partial charge in [-0.1, -0.05) is 12.1 Å². The first-order valence-corrected chi connectivity index (χ1v) is 8.76. The fourth-order valence-corrected chi connectivity index (χ4v) is 1.89. The third-order valence-electron chi connectivity index (χ3n) is 3.76. The average Bonchev–Trinajstić information content (AvgIpc) is 2.62. The Morgan fingerprint density at radius 1 is 1.27 bits per heavy atom. The van der Waals surface area contributed by atoms with Crippen LogP contribution < -0.4 is 15.4 Å². The lowest BCUT2D eigenvalue weighted by molar-refractivity contribution is -0.130. The second-order valence-electron chi connectivity index (χ2n) is 6.74. The molecule has 0 saturated carbocycles. The largest absolute Gasteiger partial charge is 0.484 e. The summed E-state index contributed by atoms with van der Waals surface area (Å²) in [5.74, 6) is 1.31. The number of guanidine groups is 1. The zero-order valence-corrected chi connectivity index (χ0v) is 16.8. The zero-order chi connectivity index (χ0) is 19.6. The molecular formula is C19H32N4O3. The SMILES string of the molecule is CCNC(=NCc1cccc(OCC(=O)N(C)C)c1)NCC(C)(C)OC. The molecule has 0 radical (unpaired) electrons. The van der Waals surface area contributed by atoms with Crippen molar-refractivity contribution in [3.8, 4) is 5.75 Å². The summed E-state index contributed by atoms with van der Waals surface area (Å²) < 4.78 is 11.0. The first-order valence-electron chi connectivity index (χ1n) is 8.76. The molecule has 1 aromatic carbocycles. The Morgan fingerprint density at radius 3 is 2.62 bits per heavy atom. The number of methoxy groups -OCH3 is 1. The molecule has 0 fully saturated rings. The average molecular weight is 364 g/mol. The fourth-order valence-electron chi connectivity index (χ4n) is 1.89. The number of hydrogen-bond donors (Lipinski definition) is 2. The number of likely N-dealkylation sites (N-methyl/N-ethyl adjacent to an activating group) is 1. The number of nitrogens with one attached hydrogen (secondary N) is 2. The molecule has 2 N–H and O–H groups in total. The number of benzene rings is 1. The minimum absolute atomic E-state index is 0.0238. The van der Waals surface area contributed by atoms with Crippen LogP contribution in [0.25, 0.3) is 0 Å². The zero-order valence-electron chi connectivity index (χ0n) is 16.8. The van der Waals surface area contributed by atoms with Gasteiger partial charge in [0.15, 0.2) is 12.6 Å². The van der Waals surface area contributed by atoms with Gasteiger partial charge in [0.2, 0.25) is 0 Å². The Labute approximate surface area is 156 Å². The highest BCUT2D eigenvalue weighted by Gasteiger charge is 2.16. The molecule has 0 aliphatic heterocycles. The minimum Gasteiger partial charge on any atom is -0.484 e. The van der Waals surface area contributed by atoms with Crippen LogP contribution in [0.2, 0.25) is 0 Å². The number of amides is 1. The van der Waals surface area contributed by atoms with Crippen LogP contribution in [0.4, 0.5) is 0 Å². The van der Waals surface area contributed by atoms with Crippen LogP contribution in [0, 0.1) is 0 Å². The third-order valence-corrected chi connectivity index (χ3v) is 3.76. The quantitative estimate of drug-likeness (QED) is 0.515. The van der Waals surface area contributed by atoms with Gasteiger partial charge in [-0.2, -0.15) is 0 Å². The molecule has 0 heterocycles. The molecule has 0 unspecified atom stereocenters. The van der Waals surface area contributed by atoms with Crippen LogP contribution in [0.3, 0.4) is 0 Å². The number of hydrogen-bond acceptors (Lipinski definition) is 4. The molecular weight excluding hydrogens is 332 g/mol. The van der Waals surface area contributed by atoms with E-state index in [1.54, 1.807) is 21.2 Å². The molecule has 1 aromatic rings. The summed E-state index contributed by atoms with van der Waals surface area (Å²) in [4.78, 5) is 17.7. The van der Waals surface area contributed by atoms with Crippen LogP contribution >= 0.6 is 0 Å². The van der Waals surface area contributed by atoms with Gasteiger partial charge in [0.25, 0.3) is 5.91 Å². The predicted octanol–water partition coefficient (Wildman–Crippen LogP) is 1.63. The van der Waals surface area contributed by atoms with Crippen LogP contribution in [0.5, 0.6) is 5.75 Å². The number of aliphatic imine (C=N–C) groups is 1. The number of carbonyl (C=O) groups excluding carboxylic acids is 1. The first kappa shape index (κ1) is 21.8. The van der Waals surface area contributed by atoms with E-state index in [0.29, 0.717) is 18.8 Å². The van der Waals surface area contributed by atoms with Gasteiger partial charge >= 0.3 is 0 Å². The number of ether oxygens (including phenoxy) is 2. The van der Waals surface area contributed by atoms with Crippen LogP contribution in [0.1, 0.15) is 26.3 Å². The van der Waals surface area contributed by atoms with E-state index in [2.05, 4.69) is 15.6 Å². The standard InChI is InChI=1S/C19H32N4O3/c1-7-20-18(22-14-19(2,3)25-6)21-12-15-9-8-10-16(11-15)26-13-17(24)23(4)5/h8-11H,7,12-14H2,1-6H3,(H2,20,21,22). The maximum atomic E-state index is 11.6. The van der Waals surface area contributed by atoms with Gasteiger partial charge in [0.1, 0.15) is 5.75 Å². The highest BCUT2D eigenvalue weighted by molar-refractivity contribution is 5.79. The van der Waals surface area contributed by atoms with E-state index in [1.807, 2.05) is 45.0 Å². The lowest BCUT2D eigenvalue weighted by Gasteiger charge is -2.24. The smallest absolute Gasteiger partial charge is 0.259 e. The molecule has 0 bridgehead atoms. The van der Waals surface area contributed by atoms with E-state index in [-0.39, 0.29) is 18.1 Å². The van der Waals surface area contributed by atoms with Gasteiger partial charge < -0.3 is 25.0 Å². The third kappa shape index (κ3) is 8.20. The minimum atomic E-state index is -0.275. The molecule has 26 heavy (non-hydrogen) atoms. The Hall–Kier alpha value is -2.28. The van der Waals surface area contributed by atoms with Gasteiger partial charge in [-0.25, -0.2) is 4.99 Å². The summed E-state index contributed by atoms with van der Waals surface area (Å²) in [6, 6.07) is 7.61. The predicted molar refractivity (Wildman–Crippen MR) is 105 cm³/mol. The van der Waals surface area contributed by atoms with Gasteiger partial charge in [0, 0.05) is 34.3 Å². The normalized spacial score (nSPS) is 11.8. The molecule has 0 spiro atoms. The summed E-state index contributed by atoms with van der Waals surface area (Å²) in [6.07, 6.45) is 0. The fraction of sp³-hybridized carbons (Fsp3) is 0.579. The number of nitrogens with zero attached hydrogens (tertiary/aromatic N) is 2. The Bertz CT molecular complexity index is 600. The Kier molecular flexibility index (Phi) is 8.92. The second-order valence-corrected chi connectivity index (χ2v) is 6.74. The van der Waals surface area contributed by atoms with E-state index in [4.69, 9.17) is 9.47 Å². The van der Waals surface area contributed by atoms with Gasteiger partial charge in [0.05, 0.1) is 12.1 Å². The van der Waals surface area contributed by atoms with Gasteiger partial charge in [-0.05, 0) is 38.5 Å². The van der Waals surface area contributed by atoms with Gasteiger partial charge in [-0.15, -0.1) is 0 Å². The van der Waals surface area contributed by atoms with Gasteiger partial charge in [-0.3, -0.25) is 4.79 Å². The molecule has 1 rings (SSSR count). The summed E-state index contributed by atoms with van der Waals surface area (Å²) in [5.41, 5.74) is 0.728. The van der Waals surface area contributed by atoms with E-state index in [0.717, 1.165) is 18.1 Å². The van der Waals surface area contributed by atoms with Crippen LogP contribution in [-0.2, 0) is 16.1 Å². The highest BCUT2D eigenvalue weighted by atomic mass is 16.5. The van der Waals surface area contributed by atoms with E-state index < -0.39 is 0 Å².